The number of hydrogen-bond donors (Lipinski definition) is 1. The highest BCUT2D eigenvalue weighted by molar-refractivity contribution is 6.08. The Morgan fingerprint density at radius 2 is 1.74 bits per heavy atom. The molecule has 1 atom stereocenters. The van der Waals surface area contributed by atoms with Crippen LogP contribution >= 0.6 is 0 Å². The van der Waals surface area contributed by atoms with Crippen LogP contribution in [0.3, 0.4) is 0 Å². The van der Waals surface area contributed by atoms with Crippen LogP contribution < -0.4 is 25.1 Å². The van der Waals surface area contributed by atoms with Crippen molar-refractivity contribution in [1.82, 2.24) is 19.7 Å². The summed E-state index contributed by atoms with van der Waals surface area (Å²) in [6.45, 7) is 2.35. The number of fused-ring (bicyclic) bond motifs is 3. The second-order valence-electron chi connectivity index (χ2n) is 8.22. The van der Waals surface area contributed by atoms with Crippen molar-refractivity contribution in [1.29, 1.82) is 0 Å². The predicted octanol–water partition coefficient (Wildman–Crippen LogP) is 3.22. The summed E-state index contributed by atoms with van der Waals surface area (Å²) in [7, 11) is 6.31. The van der Waals surface area contributed by atoms with E-state index in [9.17, 15) is 9.59 Å². The molecule has 1 unspecified atom stereocenters. The van der Waals surface area contributed by atoms with E-state index in [0.29, 0.717) is 42.2 Å². The Labute approximate surface area is 203 Å². The molecule has 4 rings (SSSR count). The second kappa shape index (κ2) is 10.1. The van der Waals surface area contributed by atoms with Gasteiger partial charge >= 0.3 is 0 Å². The van der Waals surface area contributed by atoms with E-state index in [1.807, 2.05) is 47.9 Å². The number of aromatic nitrogens is 3. The van der Waals surface area contributed by atoms with Crippen LogP contribution in [0.1, 0.15) is 24.9 Å². The molecule has 0 saturated carbocycles. The number of aryl methyl sites for hydroxylation is 1. The van der Waals surface area contributed by atoms with Crippen molar-refractivity contribution in [3.05, 3.63) is 58.5 Å². The van der Waals surface area contributed by atoms with E-state index in [0.717, 1.165) is 21.9 Å². The molecule has 2 heterocycles. The first-order valence-electron chi connectivity index (χ1n) is 11.5. The zero-order valence-corrected chi connectivity index (χ0v) is 20.6. The molecule has 0 aliphatic carbocycles. The highest BCUT2D eigenvalue weighted by Gasteiger charge is 2.25. The minimum atomic E-state index is -0.549. The molecule has 0 aliphatic rings. The Morgan fingerprint density at radius 1 is 1.06 bits per heavy atom. The van der Waals surface area contributed by atoms with Crippen LogP contribution in [0.15, 0.2) is 47.4 Å². The van der Waals surface area contributed by atoms with Gasteiger partial charge in [-0.2, -0.15) is 5.10 Å². The first kappa shape index (κ1) is 24.1. The maximum absolute atomic E-state index is 13.4. The van der Waals surface area contributed by atoms with Gasteiger partial charge in [-0.15, -0.1) is 0 Å². The van der Waals surface area contributed by atoms with E-state index in [-0.39, 0.29) is 11.5 Å². The van der Waals surface area contributed by atoms with Gasteiger partial charge in [-0.25, -0.2) is 4.68 Å². The van der Waals surface area contributed by atoms with Gasteiger partial charge in [-0.1, -0.05) is 25.1 Å². The molecule has 0 saturated heterocycles. The van der Waals surface area contributed by atoms with Gasteiger partial charge in [0.25, 0.3) is 5.56 Å². The first-order valence-corrected chi connectivity index (χ1v) is 11.5. The van der Waals surface area contributed by atoms with Crippen molar-refractivity contribution in [3.8, 4) is 17.2 Å². The number of nitrogens with zero attached hydrogens (tertiary/aromatic N) is 3. The highest BCUT2D eigenvalue weighted by Crippen LogP contribution is 2.38. The normalized spacial score (nSPS) is 12.0. The molecule has 184 valence electrons. The summed E-state index contributed by atoms with van der Waals surface area (Å²) in [6, 6.07) is 10.9. The largest absolute Gasteiger partial charge is 0.493 e. The smallest absolute Gasteiger partial charge is 0.291 e. The SMILES string of the molecule is CCC(C(=O)NCCc1cc(OC)c(OC)c(OC)c1)n1c2ccccc2c2cnn(C)c(=O)c21. The molecule has 0 aliphatic heterocycles. The molecule has 1 N–H and O–H groups in total. The van der Waals surface area contributed by atoms with Crippen LogP contribution in [0.25, 0.3) is 21.8 Å². The fraction of sp³-hybridized carbons (Fsp3) is 0.346. The fourth-order valence-corrected chi connectivity index (χ4v) is 4.52. The van der Waals surface area contributed by atoms with E-state index in [1.54, 1.807) is 34.6 Å². The van der Waals surface area contributed by atoms with E-state index in [4.69, 9.17) is 14.2 Å². The molecule has 0 radical (unpaired) electrons. The number of amides is 1. The number of nitrogens with one attached hydrogen (secondary N) is 1. The Bertz CT molecular complexity index is 1410. The summed E-state index contributed by atoms with van der Waals surface area (Å²) in [5.74, 6) is 1.50. The van der Waals surface area contributed by atoms with E-state index >= 15 is 0 Å². The maximum Gasteiger partial charge on any atom is 0.291 e. The summed E-state index contributed by atoms with van der Waals surface area (Å²) < 4.78 is 19.4. The molecule has 4 aromatic rings. The second-order valence-corrected chi connectivity index (χ2v) is 8.22. The standard InChI is InChI=1S/C26H30N4O5/c1-6-19(25(31)27-12-11-16-13-21(33-3)24(35-5)22(14-16)34-4)30-20-10-8-7-9-17(20)18-15-28-29(2)26(32)23(18)30/h7-10,13-15,19H,6,11-12H2,1-5H3,(H,27,31). The Hall–Kier alpha value is -4.01. The molecule has 0 bridgehead atoms. The van der Waals surface area contributed by atoms with Gasteiger partial charge in [0.1, 0.15) is 11.6 Å². The molecule has 9 nitrogen and oxygen atoms in total. The lowest BCUT2D eigenvalue weighted by atomic mass is 10.1. The topological polar surface area (TPSA) is 96.6 Å². The van der Waals surface area contributed by atoms with Crippen LogP contribution in [-0.4, -0.2) is 48.1 Å². The monoisotopic (exact) mass is 478 g/mol. The van der Waals surface area contributed by atoms with Crippen LogP contribution in [0, 0.1) is 0 Å². The predicted molar refractivity (Wildman–Crippen MR) is 135 cm³/mol. The molecule has 0 spiro atoms. The van der Waals surface area contributed by atoms with Crippen LogP contribution in [0.5, 0.6) is 17.2 Å². The van der Waals surface area contributed by atoms with Crippen LogP contribution in [0.2, 0.25) is 0 Å². The molecular weight excluding hydrogens is 448 g/mol. The van der Waals surface area contributed by atoms with Gasteiger partial charge in [0.05, 0.1) is 33.0 Å². The fourth-order valence-electron chi connectivity index (χ4n) is 4.52. The molecule has 9 heteroatoms. The van der Waals surface area contributed by atoms with Gasteiger partial charge in [-0.3, -0.25) is 9.59 Å². The minimum Gasteiger partial charge on any atom is -0.493 e. The molecular formula is C26H30N4O5. The van der Waals surface area contributed by atoms with Crippen molar-refractivity contribution in [2.24, 2.45) is 7.05 Å². The summed E-state index contributed by atoms with van der Waals surface area (Å²) in [5.41, 5.74) is 2.02. The maximum atomic E-state index is 13.4. The van der Waals surface area contributed by atoms with Gasteiger partial charge in [0.15, 0.2) is 11.5 Å². The van der Waals surface area contributed by atoms with Gasteiger partial charge < -0.3 is 24.1 Å². The number of hydrogen-bond acceptors (Lipinski definition) is 6. The van der Waals surface area contributed by atoms with Crippen molar-refractivity contribution in [2.75, 3.05) is 27.9 Å². The van der Waals surface area contributed by atoms with Crippen LogP contribution in [0.4, 0.5) is 0 Å². The third-order valence-corrected chi connectivity index (χ3v) is 6.24. The van der Waals surface area contributed by atoms with Crippen LogP contribution in [-0.2, 0) is 18.3 Å². The Kier molecular flexibility index (Phi) is 6.95. The van der Waals surface area contributed by atoms with Gasteiger partial charge in [0, 0.05) is 24.4 Å². The average Bonchev–Trinajstić information content (AvgIpc) is 3.21. The van der Waals surface area contributed by atoms with Gasteiger partial charge in [-0.05, 0) is 36.6 Å². The number of carbonyl (C=O) groups excluding carboxylic acids is 1. The highest BCUT2D eigenvalue weighted by atomic mass is 16.5. The summed E-state index contributed by atoms with van der Waals surface area (Å²) in [6.07, 6.45) is 2.78. The first-order chi connectivity index (χ1) is 16.9. The lowest BCUT2D eigenvalue weighted by Crippen LogP contribution is -2.34. The molecule has 2 aromatic carbocycles. The summed E-state index contributed by atoms with van der Waals surface area (Å²) in [5, 5.41) is 8.87. The number of rotatable bonds is 9. The van der Waals surface area contributed by atoms with E-state index < -0.39 is 6.04 Å². The van der Waals surface area contributed by atoms with E-state index in [1.165, 1.54) is 4.68 Å². The average molecular weight is 479 g/mol. The third-order valence-electron chi connectivity index (χ3n) is 6.24. The quantitative estimate of drug-likeness (QED) is 0.397. The molecule has 1 amide bonds. The molecule has 2 aromatic heterocycles. The lowest BCUT2D eigenvalue weighted by Gasteiger charge is -2.19. The number of ether oxygens (including phenoxy) is 3. The van der Waals surface area contributed by atoms with Crippen molar-refractivity contribution in [3.63, 3.8) is 0 Å². The minimum absolute atomic E-state index is 0.151. The number of para-hydroxylation sites is 1. The Balaban J connectivity index is 1.62. The van der Waals surface area contributed by atoms with Crippen molar-refractivity contribution < 1.29 is 19.0 Å². The summed E-state index contributed by atoms with van der Waals surface area (Å²) >= 11 is 0. The lowest BCUT2D eigenvalue weighted by molar-refractivity contribution is -0.124. The molecule has 0 fully saturated rings. The van der Waals surface area contributed by atoms with E-state index in [2.05, 4.69) is 10.4 Å². The van der Waals surface area contributed by atoms with Gasteiger partial charge in [0.2, 0.25) is 11.7 Å². The number of carbonyl (C=O) groups is 1. The Morgan fingerprint density at radius 3 is 2.37 bits per heavy atom. The van der Waals surface area contributed by atoms with Crippen molar-refractivity contribution in [2.45, 2.75) is 25.8 Å². The molecule has 35 heavy (non-hydrogen) atoms. The summed E-state index contributed by atoms with van der Waals surface area (Å²) in [4.78, 5) is 26.4. The zero-order valence-electron chi connectivity index (χ0n) is 20.6. The zero-order chi connectivity index (χ0) is 25.1. The third kappa shape index (κ3) is 4.29. The van der Waals surface area contributed by atoms with Crippen molar-refractivity contribution >= 4 is 27.7 Å². The number of methoxy groups -OCH3 is 3. The number of benzene rings is 2.